The van der Waals surface area contributed by atoms with Crippen LogP contribution in [0.2, 0.25) is 0 Å². The van der Waals surface area contributed by atoms with Gasteiger partial charge in [-0.05, 0) is 50.0 Å². The molecular formula is C17H23N3OS. The summed E-state index contributed by atoms with van der Waals surface area (Å²) in [5.41, 5.74) is 1.04. The first-order valence-electron chi connectivity index (χ1n) is 8.02. The molecule has 0 amide bonds. The Labute approximate surface area is 136 Å². The van der Waals surface area contributed by atoms with Crippen molar-refractivity contribution in [1.82, 2.24) is 14.8 Å². The van der Waals surface area contributed by atoms with E-state index in [1.807, 2.05) is 18.2 Å². The Kier molecular flexibility index (Phi) is 4.62. The number of aromatic amines is 1. The molecule has 1 aliphatic carbocycles. The van der Waals surface area contributed by atoms with Gasteiger partial charge in [0.25, 0.3) is 0 Å². The van der Waals surface area contributed by atoms with Gasteiger partial charge in [-0.1, -0.05) is 31.4 Å². The van der Waals surface area contributed by atoms with Crippen LogP contribution >= 0.6 is 12.2 Å². The van der Waals surface area contributed by atoms with Gasteiger partial charge in [0.2, 0.25) is 0 Å². The van der Waals surface area contributed by atoms with Crippen molar-refractivity contribution < 1.29 is 4.74 Å². The number of aromatic nitrogens is 3. The molecule has 1 atom stereocenters. The molecule has 0 bridgehead atoms. The number of rotatable bonds is 4. The lowest BCUT2D eigenvalue weighted by molar-refractivity contribution is 0.263. The molecule has 118 valence electrons. The molecule has 22 heavy (non-hydrogen) atoms. The lowest BCUT2D eigenvalue weighted by Crippen LogP contribution is -2.20. The summed E-state index contributed by atoms with van der Waals surface area (Å²) in [6.07, 6.45) is 6.59. The maximum Gasteiger partial charge on any atom is 0.195 e. The summed E-state index contributed by atoms with van der Waals surface area (Å²) < 4.78 is 8.21. The van der Waals surface area contributed by atoms with E-state index in [0.717, 1.165) is 17.1 Å². The molecule has 1 aromatic heterocycles. The molecular weight excluding hydrogens is 294 g/mol. The zero-order chi connectivity index (χ0) is 15.5. The third kappa shape index (κ3) is 2.95. The molecule has 1 fully saturated rings. The highest BCUT2D eigenvalue weighted by atomic mass is 32.1. The van der Waals surface area contributed by atoms with E-state index < -0.39 is 0 Å². The average molecular weight is 317 g/mol. The average Bonchev–Trinajstić information content (AvgIpc) is 2.96. The molecule has 1 aromatic carbocycles. The van der Waals surface area contributed by atoms with Crippen LogP contribution in [0.1, 0.15) is 45.1 Å². The molecule has 1 heterocycles. The van der Waals surface area contributed by atoms with Crippen LogP contribution in [0.3, 0.4) is 0 Å². The quantitative estimate of drug-likeness (QED) is 0.827. The van der Waals surface area contributed by atoms with Crippen LogP contribution in [0.15, 0.2) is 24.3 Å². The minimum absolute atomic E-state index is 0.368. The van der Waals surface area contributed by atoms with E-state index in [-0.39, 0.29) is 0 Å². The summed E-state index contributed by atoms with van der Waals surface area (Å²) in [6, 6.07) is 8.36. The molecule has 0 aliphatic heterocycles. The second kappa shape index (κ2) is 6.65. The number of methoxy groups -OCH3 is 1. The number of nitrogens with zero attached hydrogens (tertiary/aromatic N) is 2. The fraction of sp³-hybridized carbons (Fsp3) is 0.529. The van der Waals surface area contributed by atoms with E-state index in [9.17, 15) is 0 Å². The Morgan fingerprint density at radius 1 is 1.32 bits per heavy atom. The van der Waals surface area contributed by atoms with E-state index in [2.05, 4.69) is 27.8 Å². The number of benzene rings is 1. The largest absolute Gasteiger partial charge is 0.497 e. The fourth-order valence-corrected chi connectivity index (χ4v) is 3.77. The minimum Gasteiger partial charge on any atom is -0.497 e. The predicted octanol–water partition coefficient (Wildman–Crippen LogP) is 4.76. The molecule has 0 spiro atoms. The van der Waals surface area contributed by atoms with Crippen LogP contribution in [-0.2, 0) is 0 Å². The van der Waals surface area contributed by atoms with Crippen LogP contribution < -0.4 is 4.74 Å². The third-order valence-electron chi connectivity index (χ3n) is 4.77. The second-order valence-electron chi connectivity index (χ2n) is 6.09. The number of nitrogens with one attached hydrogen (secondary N) is 1. The maximum absolute atomic E-state index is 5.49. The van der Waals surface area contributed by atoms with Crippen molar-refractivity contribution in [3.05, 3.63) is 29.0 Å². The van der Waals surface area contributed by atoms with Crippen molar-refractivity contribution in [1.29, 1.82) is 0 Å². The second-order valence-corrected chi connectivity index (χ2v) is 6.48. The van der Waals surface area contributed by atoms with E-state index >= 15 is 0 Å². The van der Waals surface area contributed by atoms with Gasteiger partial charge in [-0.15, -0.1) is 0 Å². The van der Waals surface area contributed by atoms with E-state index in [1.165, 1.54) is 32.1 Å². The molecule has 4 nitrogen and oxygen atoms in total. The van der Waals surface area contributed by atoms with E-state index in [1.54, 1.807) is 7.11 Å². The lowest BCUT2D eigenvalue weighted by atomic mass is 9.84. The molecule has 3 rings (SSSR count). The maximum atomic E-state index is 5.49. The van der Waals surface area contributed by atoms with Crippen LogP contribution in [0.5, 0.6) is 5.75 Å². The van der Waals surface area contributed by atoms with Crippen molar-refractivity contribution in [3.63, 3.8) is 0 Å². The van der Waals surface area contributed by atoms with Gasteiger partial charge in [-0.3, -0.25) is 9.67 Å². The Bertz CT molecular complexity index is 685. The molecule has 1 N–H and O–H groups in total. The SMILES string of the molecule is COc1cccc(-c2n[nH]c(=S)n2[C@H](C)C2CCCCC2)c1. The molecule has 1 aliphatic rings. The van der Waals surface area contributed by atoms with E-state index in [0.29, 0.717) is 16.7 Å². The molecule has 5 heteroatoms. The van der Waals surface area contributed by atoms with Crippen molar-refractivity contribution in [2.75, 3.05) is 7.11 Å². The minimum atomic E-state index is 0.368. The zero-order valence-electron chi connectivity index (χ0n) is 13.2. The lowest BCUT2D eigenvalue weighted by Gasteiger charge is -2.29. The van der Waals surface area contributed by atoms with Gasteiger partial charge in [0.1, 0.15) is 5.75 Å². The highest BCUT2D eigenvalue weighted by molar-refractivity contribution is 7.71. The number of hydrogen-bond acceptors (Lipinski definition) is 3. The van der Waals surface area contributed by atoms with Crippen molar-refractivity contribution in [2.24, 2.45) is 5.92 Å². The first kappa shape index (κ1) is 15.3. The Balaban J connectivity index is 1.97. The molecule has 0 unspecified atom stereocenters. The zero-order valence-corrected chi connectivity index (χ0v) is 14.0. The molecule has 2 aromatic rings. The first-order chi connectivity index (χ1) is 10.7. The van der Waals surface area contributed by atoms with Gasteiger partial charge >= 0.3 is 0 Å². The summed E-state index contributed by atoms with van der Waals surface area (Å²) in [4.78, 5) is 0. The van der Waals surface area contributed by atoms with Crippen molar-refractivity contribution >= 4 is 12.2 Å². The van der Waals surface area contributed by atoms with E-state index in [4.69, 9.17) is 17.0 Å². The smallest absolute Gasteiger partial charge is 0.195 e. The first-order valence-corrected chi connectivity index (χ1v) is 8.43. The molecule has 0 radical (unpaired) electrons. The Morgan fingerprint density at radius 3 is 2.82 bits per heavy atom. The van der Waals surface area contributed by atoms with Gasteiger partial charge in [0.05, 0.1) is 7.11 Å². The number of H-pyrrole nitrogens is 1. The van der Waals surface area contributed by atoms with Crippen LogP contribution in [-0.4, -0.2) is 21.9 Å². The summed E-state index contributed by atoms with van der Waals surface area (Å²) >= 11 is 5.49. The van der Waals surface area contributed by atoms with Crippen molar-refractivity contribution in [3.8, 4) is 17.1 Å². The van der Waals surface area contributed by atoms with Gasteiger partial charge in [0.15, 0.2) is 10.6 Å². The van der Waals surface area contributed by atoms with Gasteiger partial charge in [-0.2, -0.15) is 5.10 Å². The van der Waals surface area contributed by atoms with Gasteiger partial charge in [0, 0.05) is 11.6 Å². The van der Waals surface area contributed by atoms with Crippen LogP contribution in [0, 0.1) is 10.7 Å². The summed E-state index contributed by atoms with van der Waals surface area (Å²) in [7, 11) is 1.68. The summed E-state index contributed by atoms with van der Waals surface area (Å²) in [5.74, 6) is 2.42. The molecule has 1 saturated carbocycles. The van der Waals surface area contributed by atoms with Gasteiger partial charge in [-0.25, -0.2) is 0 Å². The summed E-state index contributed by atoms with van der Waals surface area (Å²) in [6.45, 7) is 2.27. The highest BCUT2D eigenvalue weighted by Crippen LogP contribution is 2.35. The Hall–Kier alpha value is -1.62. The molecule has 0 saturated heterocycles. The standard InChI is InChI=1S/C17H23N3OS/c1-12(13-7-4-3-5-8-13)20-16(18-19-17(20)22)14-9-6-10-15(11-14)21-2/h6,9-13H,3-5,7-8H2,1-2H3,(H,19,22)/t12-/m1/s1. The predicted molar refractivity (Wildman–Crippen MR) is 90.7 cm³/mol. The number of ether oxygens (including phenoxy) is 1. The Morgan fingerprint density at radius 2 is 2.09 bits per heavy atom. The number of hydrogen-bond donors (Lipinski definition) is 1. The van der Waals surface area contributed by atoms with Gasteiger partial charge < -0.3 is 4.74 Å². The highest BCUT2D eigenvalue weighted by Gasteiger charge is 2.24. The van der Waals surface area contributed by atoms with Crippen LogP contribution in [0.25, 0.3) is 11.4 Å². The third-order valence-corrected chi connectivity index (χ3v) is 5.06. The normalized spacial score (nSPS) is 17.4. The van der Waals surface area contributed by atoms with Crippen LogP contribution in [0.4, 0.5) is 0 Å². The summed E-state index contributed by atoms with van der Waals surface area (Å²) in [5, 5.41) is 7.44. The fourth-order valence-electron chi connectivity index (χ4n) is 3.48. The van der Waals surface area contributed by atoms with Crippen molar-refractivity contribution in [2.45, 2.75) is 45.1 Å². The topological polar surface area (TPSA) is 42.8 Å². The monoisotopic (exact) mass is 317 g/mol.